The second-order valence-electron chi connectivity index (χ2n) is 4.11. The van der Waals surface area contributed by atoms with Gasteiger partial charge in [0.2, 0.25) is 11.0 Å². The van der Waals surface area contributed by atoms with E-state index < -0.39 is 0 Å². The number of amides is 1. The fourth-order valence-electron chi connectivity index (χ4n) is 1.44. The standard InChI is InChI=1S/C12H13ClN4OS2/c1-6-3-4-8(13)5-9(6)15-10(18)7(2)19-12-17-16-11(14)20-12/h3-5,7H,1-2H3,(H2,14,16)(H,15,18)/t7-/m0/s1. The number of hydrogen-bond donors (Lipinski definition) is 2. The molecule has 0 aliphatic rings. The number of thioether (sulfide) groups is 1. The van der Waals surface area contributed by atoms with Gasteiger partial charge in [-0.2, -0.15) is 0 Å². The maximum absolute atomic E-state index is 12.1. The summed E-state index contributed by atoms with van der Waals surface area (Å²) in [5.74, 6) is -0.117. The van der Waals surface area contributed by atoms with E-state index in [0.29, 0.717) is 20.2 Å². The summed E-state index contributed by atoms with van der Waals surface area (Å²) in [5, 5.41) is 11.1. The SMILES string of the molecule is Cc1ccc(Cl)cc1NC(=O)[C@H](C)Sc1nnc(N)s1. The molecule has 0 aliphatic carbocycles. The highest BCUT2D eigenvalue weighted by Gasteiger charge is 2.17. The Morgan fingerprint density at radius 2 is 2.25 bits per heavy atom. The molecule has 0 unspecified atom stereocenters. The first-order chi connectivity index (χ1) is 9.45. The van der Waals surface area contributed by atoms with Crippen molar-refractivity contribution in [1.29, 1.82) is 0 Å². The van der Waals surface area contributed by atoms with Crippen molar-refractivity contribution in [2.45, 2.75) is 23.4 Å². The Hall–Kier alpha value is -1.31. The van der Waals surface area contributed by atoms with E-state index in [1.807, 2.05) is 13.0 Å². The van der Waals surface area contributed by atoms with Gasteiger partial charge in [0, 0.05) is 10.7 Å². The van der Waals surface area contributed by atoms with E-state index in [2.05, 4.69) is 15.5 Å². The summed E-state index contributed by atoms with van der Waals surface area (Å²) >= 11 is 8.51. The Labute approximate surface area is 129 Å². The van der Waals surface area contributed by atoms with E-state index in [1.54, 1.807) is 19.1 Å². The zero-order valence-corrected chi connectivity index (χ0v) is 13.3. The molecule has 0 aliphatic heterocycles. The number of hydrogen-bond acceptors (Lipinski definition) is 6. The van der Waals surface area contributed by atoms with E-state index in [1.165, 1.54) is 23.1 Å². The van der Waals surface area contributed by atoms with Gasteiger partial charge in [-0.3, -0.25) is 4.79 Å². The smallest absolute Gasteiger partial charge is 0.237 e. The van der Waals surface area contributed by atoms with Gasteiger partial charge in [0.05, 0.1) is 5.25 Å². The number of carbonyl (C=O) groups is 1. The summed E-state index contributed by atoms with van der Waals surface area (Å²) in [5.41, 5.74) is 7.18. The molecule has 1 amide bonds. The molecule has 0 radical (unpaired) electrons. The van der Waals surface area contributed by atoms with Crippen LogP contribution >= 0.6 is 34.7 Å². The number of anilines is 2. The number of benzene rings is 1. The third-order valence-electron chi connectivity index (χ3n) is 2.53. The molecule has 20 heavy (non-hydrogen) atoms. The van der Waals surface area contributed by atoms with Crippen LogP contribution in [0.4, 0.5) is 10.8 Å². The molecule has 0 saturated carbocycles. The highest BCUT2D eigenvalue weighted by Crippen LogP contribution is 2.28. The zero-order valence-electron chi connectivity index (χ0n) is 10.9. The molecule has 1 heterocycles. The third kappa shape index (κ3) is 3.84. The van der Waals surface area contributed by atoms with Crippen molar-refractivity contribution in [2.24, 2.45) is 0 Å². The quantitative estimate of drug-likeness (QED) is 0.842. The number of carbonyl (C=O) groups excluding carboxylic acids is 1. The van der Waals surface area contributed by atoms with Crippen LogP contribution in [-0.2, 0) is 4.79 Å². The molecule has 2 rings (SSSR count). The third-order valence-corrected chi connectivity index (χ3v) is 4.70. The number of nitrogens with zero attached hydrogens (tertiary/aromatic N) is 2. The summed E-state index contributed by atoms with van der Waals surface area (Å²) in [6, 6.07) is 5.38. The lowest BCUT2D eigenvalue weighted by Gasteiger charge is -2.12. The van der Waals surface area contributed by atoms with Crippen LogP contribution in [0.5, 0.6) is 0 Å². The molecule has 106 valence electrons. The molecule has 0 bridgehead atoms. The molecule has 0 spiro atoms. The lowest BCUT2D eigenvalue weighted by Crippen LogP contribution is -2.22. The predicted octanol–water partition coefficient (Wildman–Crippen LogP) is 3.20. The van der Waals surface area contributed by atoms with Crippen LogP contribution in [0.3, 0.4) is 0 Å². The van der Waals surface area contributed by atoms with Gasteiger partial charge in [0.25, 0.3) is 0 Å². The van der Waals surface area contributed by atoms with Crippen LogP contribution in [0.1, 0.15) is 12.5 Å². The van der Waals surface area contributed by atoms with Gasteiger partial charge >= 0.3 is 0 Å². The first kappa shape index (κ1) is 15.1. The van der Waals surface area contributed by atoms with Gasteiger partial charge in [-0.15, -0.1) is 10.2 Å². The van der Waals surface area contributed by atoms with E-state index in [-0.39, 0.29) is 11.2 Å². The average molecular weight is 329 g/mol. The predicted molar refractivity (Wildman–Crippen MR) is 84.5 cm³/mol. The minimum absolute atomic E-state index is 0.117. The van der Waals surface area contributed by atoms with Crippen molar-refractivity contribution in [3.63, 3.8) is 0 Å². The van der Waals surface area contributed by atoms with Crippen molar-refractivity contribution in [3.8, 4) is 0 Å². The Morgan fingerprint density at radius 1 is 1.50 bits per heavy atom. The van der Waals surface area contributed by atoms with Crippen LogP contribution in [0.15, 0.2) is 22.5 Å². The van der Waals surface area contributed by atoms with Crippen LogP contribution < -0.4 is 11.1 Å². The molecule has 8 heteroatoms. The summed E-state index contributed by atoms with van der Waals surface area (Å²) in [7, 11) is 0. The van der Waals surface area contributed by atoms with E-state index in [4.69, 9.17) is 17.3 Å². The molecule has 2 aromatic rings. The Balaban J connectivity index is 2.02. The highest BCUT2D eigenvalue weighted by atomic mass is 35.5. The maximum atomic E-state index is 12.1. The molecule has 1 aromatic carbocycles. The fourth-order valence-corrected chi connectivity index (χ4v) is 3.39. The van der Waals surface area contributed by atoms with Gasteiger partial charge in [-0.1, -0.05) is 40.8 Å². The Kier molecular flexibility index (Phi) is 4.85. The van der Waals surface area contributed by atoms with E-state index >= 15 is 0 Å². The molecule has 1 aromatic heterocycles. The average Bonchev–Trinajstić information content (AvgIpc) is 2.79. The molecular formula is C12H13ClN4OS2. The van der Waals surface area contributed by atoms with Gasteiger partial charge in [-0.25, -0.2) is 0 Å². The van der Waals surface area contributed by atoms with Crippen molar-refractivity contribution in [3.05, 3.63) is 28.8 Å². The first-order valence-corrected chi connectivity index (χ1v) is 7.86. The van der Waals surface area contributed by atoms with Gasteiger partial charge < -0.3 is 11.1 Å². The minimum Gasteiger partial charge on any atom is -0.374 e. The number of nitrogen functional groups attached to an aromatic ring is 1. The molecule has 3 N–H and O–H groups in total. The molecule has 0 saturated heterocycles. The second-order valence-corrected chi connectivity index (χ2v) is 7.15. The molecule has 5 nitrogen and oxygen atoms in total. The topological polar surface area (TPSA) is 80.9 Å². The fraction of sp³-hybridized carbons (Fsp3) is 0.250. The van der Waals surface area contributed by atoms with Gasteiger partial charge in [0.15, 0.2) is 4.34 Å². The van der Waals surface area contributed by atoms with E-state index in [0.717, 1.165) is 5.56 Å². The molecule has 1 atom stereocenters. The lowest BCUT2D eigenvalue weighted by molar-refractivity contribution is -0.115. The summed E-state index contributed by atoms with van der Waals surface area (Å²) < 4.78 is 0.674. The minimum atomic E-state index is -0.305. The van der Waals surface area contributed by atoms with Crippen molar-refractivity contribution < 1.29 is 4.79 Å². The largest absolute Gasteiger partial charge is 0.374 e. The Morgan fingerprint density at radius 3 is 2.90 bits per heavy atom. The molecule has 0 fully saturated rings. The van der Waals surface area contributed by atoms with Gasteiger partial charge in [-0.05, 0) is 31.5 Å². The maximum Gasteiger partial charge on any atom is 0.237 e. The monoisotopic (exact) mass is 328 g/mol. The zero-order chi connectivity index (χ0) is 14.7. The number of nitrogens with two attached hydrogens (primary N) is 1. The van der Waals surface area contributed by atoms with Crippen molar-refractivity contribution >= 4 is 51.4 Å². The Bertz CT molecular complexity index is 632. The number of halogens is 1. The van der Waals surface area contributed by atoms with Crippen LogP contribution in [0.25, 0.3) is 0 Å². The number of rotatable bonds is 4. The normalized spacial score (nSPS) is 12.2. The number of nitrogens with one attached hydrogen (secondary N) is 1. The highest BCUT2D eigenvalue weighted by molar-refractivity contribution is 8.02. The summed E-state index contributed by atoms with van der Waals surface area (Å²) in [6.07, 6.45) is 0. The second kappa shape index (κ2) is 6.43. The van der Waals surface area contributed by atoms with Crippen molar-refractivity contribution in [1.82, 2.24) is 10.2 Å². The van der Waals surface area contributed by atoms with Crippen molar-refractivity contribution in [2.75, 3.05) is 11.1 Å². The lowest BCUT2D eigenvalue weighted by atomic mass is 10.2. The number of aryl methyl sites for hydroxylation is 1. The van der Waals surface area contributed by atoms with E-state index in [9.17, 15) is 4.79 Å². The van der Waals surface area contributed by atoms with Gasteiger partial charge in [0.1, 0.15) is 0 Å². The van der Waals surface area contributed by atoms with Crippen LogP contribution in [-0.4, -0.2) is 21.4 Å². The number of aromatic nitrogens is 2. The summed E-state index contributed by atoms with van der Waals surface area (Å²) in [6.45, 7) is 3.71. The first-order valence-electron chi connectivity index (χ1n) is 5.78. The molecular weight excluding hydrogens is 316 g/mol. The van der Waals surface area contributed by atoms with Crippen LogP contribution in [0.2, 0.25) is 5.02 Å². The van der Waals surface area contributed by atoms with Crippen LogP contribution in [0, 0.1) is 6.92 Å². The summed E-state index contributed by atoms with van der Waals surface area (Å²) in [4.78, 5) is 12.1.